The van der Waals surface area contributed by atoms with Gasteiger partial charge in [-0.3, -0.25) is 19.4 Å². The number of hydrazone groups is 1. The van der Waals surface area contributed by atoms with Gasteiger partial charge in [-0.2, -0.15) is 5.10 Å². The minimum absolute atomic E-state index is 0.0690. The molecule has 1 saturated heterocycles. The zero-order chi connectivity index (χ0) is 24.2. The van der Waals surface area contributed by atoms with Gasteiger partial charge in [0.15, 0.2) is 0 Å². The summed E-state index contributed by atoms with van der Waals surface area (Å²) in [5, 5.41) is 11.0. The molecule has 3 aromatic rings. The molecule has 2 amide bonds. The average Bonchev–Trinajstić information content (AvgIpc) is 3.62. The molecule has 8 nitrogen and oxygen atoms in total. The molecular weight excluding hydrogens is 469 g/mol. The monoisotopic (exact) mass is 495 g/mol. The van der Waals surface area contributed by atoms with Gasteiger partial charge in [-0.25, -0.2) is 9.40 Å². The summed E-state index contributed by atoms with van der Waals surface area (Å²) in [6, 6.07) is 13.2. The number of carbonyl (C=O) groups excluding carboxylic acids is 2. The van der Waals surface area contributed by atoms with Crippen LogP contribution in [0.25, 0.3) is 0 Å². The second kappa shape index (κ2) is 10.5. The van der Waals surface area contributed by atoms with Gasteiger partial charge >= 0.3 is 0 Å². The zero-order valence-corrected chi connectivity index (χ0v) is 19.9. The summed E-state index contributed by atoms with van der Waals surface area (Å²) in [4.78, 5) is 30.8. The number of amides is 2. The van der Waals surface area contributed by atoms with E-state index in [0.717, 1.165) is 16.3 Å². The largest absolute Gasteiger partial charge is 0.467 e. The van der Waals surface area contributed by atoms with Crippen LogP contribution in [0.5, 0.6) is 0 Å². The molecule has 0 saturated carbocycles. The van der Waals surface area contributed by atoms with Crippen molar-refractivity contribution < 1.29 is 18.4 Å². The van der Waals surface area contributed by atoms with Gasteiger partial charge in [-0.05, 0) is 47.8 Å². The minimum Gasteiger partial charge on any atom is -0.467 e. The fourth-order valence-electron chi connectivity index (χ4n) is 4.34. The van der Waals surface area contributed by atoms with Crippen LogP contribution in [0.3, 0.4) is 0 Å². The highest BCUT2D eigenvalue weighted by molar-refractivity contribution is 7.12. The van der Waals surface area contributed by atoms with Crippen LogP contribution in [0, 0.1) is 5.82 Å². The van der Waals surface area contributed by atoms with Gasteiger partial charge in [0.25, 0.3) is 5.91 Å². The van der Waals surface area contributed by atoms with Gasteiger partial charge < -0.3 is 9.73 Å². The number of benzene rings is 1. The van der Waals surface area contributed by atoms with E-state index in [1.54, 1.807) is 22.6 Å². The maximum atomic E-state index is 13.3. The van der Waals surface area contributed by atoms with Crippen LogP contribution >= 0.6 is 11.3 Å². The first-order chi connectivity index (χ1) is 17.0. The molecule has 2 aromatic heterocycles. The number of thiophene rings is 1. The molecule has 1 atom stereocenters. The predicted octanol–water partition coefficient (Wildman–Crippen LogP) is 3.41. The molecule has 1 N–H and O–H groups in total. The van der Waals surface area contributed by atoms with E-state index in [2.05, 4.69) is 15.3 Å². The molecule has 182 valence electrons. The molecule has 10 heteroatoms. The number of nitrogens with zero attached hydrogens (tertiary/aromatic N) is 4. The molecule has 4 heterocycles. The van der Waals surface area contributed by atoms with Gasteiger partial charge in [0, 0.05) is 38.3 Å². The Hall–Kier alpha value is -3.34. The number of nitrogens with one attached hydrogen (secondary N) is 1. The molecule has 5 rings (SSSR count). The smallest absolute Gasteiger partial charge is 0.257 e. The summed E-state index contributed by atoms with van der Waals surface area (Å²) in [5.74, 6) is 0.174. The quantitative estimate of drug-likeness (QED) is 0.543. The van der Waals surface area contributed by atoms with Crippen LogP contribution in [0.2, 0.25) is 0 Å². The van der Waals surface area contributed by atoms with Crippen LogP contribution in [-0.4, -0.2) is 71.6 Å². The van der Waals surface area contributed by atoms with Gasteiger partial charge in [-0.15, -0.1) is 11.3 Å². The van der Waals surface area contributed by atoms with Crippen LogP contribution in [0.1, 0.15) is 23.1 Å². The molecular formula is C25H26FN5O3S. The highest BCUT2D eigenvalue weighted by atomic mass is 32.1. The molecule has 1 unspecified atom stereocenters. The summed E-state index contributed by atoms with van der Waals surface area (Å²) < 4.78 is 18.6. The lowest BCUT2D eigenvalue weighted by Gasteiger charge is -2.34. The van der Waals surface area contributed by atoms with Crippen LogP contribution in [-0.2, 0) is 9.59 Å². The predicted molar refractivity (Wildman–Crippen MR) is 132 cm³/mol. The first-order valence-electron chi connectivity index (χ1n) is 11.5. The third kappa shape index (κ3) is 5.67. The number of piperazine rings is 1. The Morgan fingerprint density at radius 1 is 1.03 bits per heavy atom. The molecule has 0 spiro atoms. The minimum atomic E-state index is -0.341. The molecule has 35 heavy (non-hydrogen) atoms. The Labute approximate surface area is 206 Å². The van der Waals surface area contributed by atoms with E-state index in [0.29, 0.717) is 38.3 Å². The molecule has 0 radical (unpaired) electrons. The van der Waals surface area contributed by atoms with Crippen molar-refractivity contribution in [3.8, 4) is 0 Å². The van der Waals surface area contributed by atoms with Crippen molar-refractivity contribution >= 4 is 34.6 Å². The third-order valence-electron chi connectivity index (χ3n) is 6.16. The number of halogens is 1. The zero-order valence-electron chi connectivity index (χ0n) is 19.1. The fraction of sp³-hybridized carbons (Fsp3) is 0.320. The molecule has 1 aromatic carbocycles. The lowest BCUT2D eigenvalue weighted by atomic mass is 10.1. The summed E-state index contributed by atoms with van der Waals surface area (Å²) in [6.07, 6.45) is 2.24. The lowest BCUT2D eigenvalue weighted by molar-refractivity contribution is -0.135. The van der Waals surface area contributed by atoms with Crippen LogP contribution in [0.4, 0.5) is 10.1 Å². The maximum absolute atomic E-state index is 13.3. The second-order valence-corrected chi connectivity index (χ2v) is 9.55. The normalized spacial score (nSPS) is 19.1. The molecule has 0 bridgehead atoms. The van der Waals surface area contributed by atoms with Crippen molar-refractivity contribution in [3.05, 3.63) is 76.6 Å². The first kappa shape index (κ1) is 23.4. The summed E-state index contributed by atoms with van der Waals surface area (Å²) >= 11 is 1.61. The third-order valence-corrected chi connectivity index (χ3v) is 7.08. The van der Waals surface area contributed by atoms with E-state index in [1.165, 1.54) is 24.3 Å². The van der Waals surface area contributed by atoms with Gasteiger partial charge in [-0.1, -0.05) is 6.07 Å². The Morgan fingerprint density at radius 2 is 1.77 bits per heavy atom. The summed E-state index contributed by atoms with van der Waals surface area (Å²) in [7, 11) is 0. The highest BCUT2D eigenvalue weighted by Crippen LogP contribution is 2.34. The van der Waals surface area contributed by atoms with Gasteiger partial charge in [0.05, 0.1) is 29.9 Å². The van der Waals surface area contributed by atoms with Crippen LogP contribution < -0.4 is 5.32 Å². The number of hydrogen-bond acceptors (Lipinski definition) is 7. The van der Waals surface area contributed by atoms with E-state index in [4.69, 9.17) is 4.42 Å². The molecule has 2 aliphatic heterocycles. The van der Waals surface area contributed by atoms with Crippen molar-refractivity contribution in [3.63, 3.8) is 0 Å². The number of furan rings is 1. The Balaban J connectivity index is 1.14. The number of hydrogen-bond donors (Lipinski definition) is 1. The van der Waals surface area contributed by atoms with E-state index in [9.17, 15) is 14.0 Å². The van der Waals surface area contributed by atoms with Crippen molar-refractivity contribution in [2.24, 2.45) is 5.10 Å². The lowest BCUT2D eigenvalue weighted by Crippen LogP contribution is -2.51. The fourth-order valence-corrected chi connectivity index (χ4v) is 5.06. The van der Waals surface area contributed by atoms with E-state index in [1.807, 2.05) is 34.5 Å². The Bertz CT molecular complexity index is 1170. The van der Waals surface area contributed by atoms with E-state index >= 15 is 0 Å². The van der Waals surface area contributed by atoms with Crippen LogP contribution in [0.15, 0.2) is 69.7 Å². The first-order valence-corrected chi connectivity index (χ1v) is 12.4. The van der Waals surface area contributed by atoms with E-state index in [-0.39, 0.29) is 36.8 Å². The standard InChI is InChI=1S/C25H26FN5O3S/c26-18-5-7-19(8-6-18)27-24(32)16-29-9-11-30(12-10-29)17-25(33)31-21(22-3-1-13-34-22)15-20(28-31)23-4-2-14-35-23/h1-8,13-14,21H,9-12,15-17H2,(H,27,32). The number of rotatable bonds is 7. The highest BCUT2D eigenvalue weighted by Gasteiger charge is 2.36. The van der Waals surface area contributed by atoms with Crippen molar-refractivity contribution in [2.45, 2.75) is 12.5 Å². The Kier molecular flexibility index (Phi) is 7.03. The second-order valence-electron chi connectivity index (χ2n) is 8.61. The molecule has 0 aliphatic carbocycles. The molecule has 2 aliphatic rings. The SMILES string of the molecule is O=C(CN1CCN(CC(=O)N2N=C(c3cccs3)CC2c2ccco2)CC1)Nc1ccc(F)cc1. The average molecular weight is 496 g/mol. The number of carbonyl (C=O) groups is 2. The topological polar surface area (TPSA) is 81.4 Å². The van der Waals surface area contributed by atoms with E-state index < -0.39 is 0 Å². The van der Waals surface area contributed by atoms with Gasteiger partial charge in [0.2, 0.25) is 5.91 Å². The molecule has 1 fully saturated rings. The number of anilines is 1. The van der Waals surface area contributed by atoms with Gasteiger partial charge in [0.1, 0.15) is 17.6 Å². The van der Waals surface area contributed by atoms with Crippen molar-refractivity contribution in [2.75, 3.05) is 44.6 Å². The summed E-state index contributed by atoms with van der Waals surface area (Å²) in [6.45, 7) is 3.21. The summed E-state index contributed by atoms with van der Waals surface area (Å²) in [5.41, 5.74) is 1.46. The van der Waals surface area contributed by atoms with Crippen molar-refractivity contribution in [1.29, 1.82) is 0 Å². The van der Waals surface area contributed by atoms with Crippen molar-refractivity contribution in [1.82, 2.24) is 14.8 Å². The maximum Gasteiger partial charge on any atom is 0.257 e. The Morgan fingerprint density at radius 3 is 2.43 bits per heavy atom.